The number of hydrogen-bond acceptors (Lipinski definition) is 2. The molecule has 0 saturated heterocycles. The summed E-state index contributed by atoms with van der Waals surface area (Å²) < 4.78 is 64.0. The second kappa shape index (κ2) is 7.40. The van der Waals surface area contributed by atoms with Crippen molar-refractivity contribution < 1.29 is 26.7 Å². The zero-order chi connectivity index (χ0) is 17.9. The second-order valence-electron chi connectivity index (χ2n) is 4.61. The largest absolute Gasteiger partial charge is 0.417 e. The van der Waals surface area contributed by atoms with Gasteiger partial charge in [-0.05, 0) is 36.4 Å². The number of thioether (sulfide) groups is 1. The van der Waals surface area contributed by atoms with Crippen molar-refractivity contribution in [3.63, 3.8) is 0 Å². The van der Waals surface area contributed by atoms with Crippen LogP contribution in [-0.2, 0) is 11.0 Å². The maximum absolute atomic E-state index is 13.0. The maximum atomic E-state index is 13.0. The van der Waals surface area contributed by atoms with Gasteiger partial charge in [-0.25, -0.2) is 8.78 Å². The number of amides is 1. The van der Waals surface area contributed by atoms with E-state index in [0.29, 0.717) is 4.90 Å². The molecule has 128 valence electrons. The molecule has 0 aliphatic carbocycles. The lowest BCUT2D eigenvalue weighted by molar-refractivity contribution is -0.137. The van der Waals surface area contributed by atoms with Gasteiger partial charge < -0.3 is 5.32 Å². The molecule has 24 heavy (non-hydrogen) atoms. The number of rotatable bonds is 4. The Kier molecular flexibility index (Phi) is 5.71. The predicted molar refractivity (Wildman–Crippen MR) is 82.2 cm³/mol. The average molecular weight is 382 g/mol. The normalized spacial score (nSPS) is 11.4. The quantitative estimate of drug-likeness (QED) is 0.570. The van der Waals surface area contributed by atoms with Crippen LogP contribution >= 0.6 is 23.4 Å². The van der Waals surface area contributed by atoms with Gasteiger partial charge in [0.1, 0.15) is 0 Å². The van der Waals surface area contributed by atoms with E-state index in [1.165, 1.54) is 12.1 Å². The molecule has 0 fully saturated rings. The van der Waals surface area contributed by atoms with E-state index >= 15 is 0 Å². The fourth-order valence-corrected chi connectivity index (χ4v) is 2.68. The first-order valence-electron chi connectivity index (χ1n) is 6.41. The lowest BCUT2D eigenvalue weighted by atomic mass is 10.2. The van der Waals surface area contributed by atoms with Gasteiger partial charge in [0.05, 0.1) is 16.3 Å². The molecule has 0 aliphatic rings. The van der Waals surface area contributed by atoms with Gasteiger partial charge in [-0.3, -0.25) is 4.79 Å². The van der Waals surface area contributed by atoms with Crippen LogP contribution in [0.1, 0.15) is 5.56 Å². The Labute approximate surface area is 143 Å². The van der Waals surface area contributed by atoms with Gasteiger partial charge in [-0.15, -0.1) is 11.8 Å². The Bertz CT molecular complexity index is 766. The fourth-order valence-electron chi connectivity index (χ4n) is 1.73. The summed E-state index contributed by atoms with van der Waals surface area (Å²) >= 11 is 6.40. The number of carbonyl (C=O) groups is 1. The summed E-state index contributed by atoms with van der Waals surface area (Å²) in [5, 5.41) is 1.82. The average Bonchev–Trinajstić information content (AvgIpc) is 2.49. The van der Waals surface area contributed by atoms with Gasteiger partial charge in [-0.1, -0.05) is 11.6 Å². The van der Waals surface area contributed by atoms with E-state index in [1.54, 1.807) is 0 Å². The summed E-state index contributed by atoms with van der Waals surface area (Å²) in [5.74, 6) is -2.84. The van der Waals surface area contributed by atoms with Crippen molar-refractivity contribution in [2.24, 2.45) is 0 Å². The van der Waals surface area contributed by atoms with Crippen molar-refractivity contribution in [1.82, 2.24) is 0 Å². The highest BCUT2D eigenvalue weighted by Gasteiger charge is 2.33. The molecule has 0 heterocycles. The Hall–Kier alpha value is -1.80. The molecule has 0 radical (unpaired) electrons. The number of alkyl halides is 3. The third-order valence-electron chi connectivity index (χ3n) is 2.82. The van der Waals surface area contributed by atoms with E-state index in [1.807, 2.05) is 0 Å². The molecule has 0 saturated carbocycles. The van der Waals surface area contributed by atoms with Crippen LogP contribution in [0.25, 0.3) is 0 Å². The zero-order valence-electron chi connectivity index (χ0n) is 11.8. The van der Waals surface area contributed by atoms with Gasteiger partial charge in [0, 0.05) is 10.6 Å². The monoisotopic (exact) mass is 381 g/mol. The first-order valence-corrected chi connectivity index (χ1v) is 7.77. The van der Waals surface area contributed by atoms with Crippen molar-refractivity contribution in [2.75, 3.05) is 11.1 Å². The Morgan fingerprint density at radius 3 is 2.42 bits per heavy atom. The van der Waals surface area contributed by atoms with E-state index in [-0.39, 0.29) is 11.4 Å². The van der Waals surface area contributed by atoms with E-state index < -0.39 is 34.3 Å². The first kappa shape index (κ1) is 18.5. The van der Waals surface area contributed by atoms with Crippen molar-refractivity contribution in [3.05, 3.63) is 58.6 Å². The summed E-state index contributed by atoms with van der Waals surface area (Å²) in [4.78, 5) is 12.1. The fraction of sp³-hybridized carbons (Fsp3) is 0.133. The molecular formula is C15H9ClF5NOS. The zero-order valence-corrected chi connectivity index (χ0v) is 13.3. The Morgan fingerprint density at radius 2 is 1.79 bits per heavy atom. The number of carbonyl (C=O) groups excluding carboxylic acids is 1. The molecule has 2 nitrogen and oxygen atoms in total. The van der Waals surface area contributed by atoms with E-state index in [2.05, 4.69) is 5.32 Å². The molecule has 2 aromatic rings. The number of halogens is 6. The summed E-state index contributed by atoms with van der Waals surface area (Å²) in [5.41, 5.74) is -1.13. The minimum Gasteiger partial charge on any atom is -0.325 e. The molecule has 2 aromatic carbocycles. The van der Waals surface area contributed by atoms with Crippen molar-refractivity contribution in [2.45, 2.75) is 11.1 Å². The molecular weight excluding hydrogens is 373 g/mol. The molecule has 9 heteroatoms. The number of nitrogens with one attached hydrogen (secondary N) is 1. The highest BCUT2D eigenvalue weighted by atomic mass is 35.5. The van der Waals surface area contributed by atoms with Crippen LogP contribution in [0.2, 0.25) is 5.02 Å². The van der Waals surface area contributed by atoms with Crippen molar-refractivity contribution >= 4 is 35.0 Å². The number of benzene rings is 2. The third-order valence-corrected chi connectivity index (χ3v) is 4.14. The summed E-state index contributed by atoms with van der Waals surface area (Å²) in [6, 6.07) is 6.13. The molecule has 1 N–H and O–H groups in total. The van der Waals surface area contributed by atoms with Gasteiger partial charge in [0.2, 0.25) is 5.91 Å². The van der Waals surface area contributed by atoms with Crippen molar-refractivity contribution in [3.8, 4) is 0 Å². The highest BCUT2D eigenvalue weighted by Crippen LogP contribution is 2.36. The molecule has 2 rings (SSSR count). The van der Waals surface area contributed by atoms with Gasteiger partial charge in [-0.2, -0.15) is 13.2 Å². The molecule has 0 atom stereocenters. The van der Waals surface area contributed by atoms with Crippen LogP contribution in [0, 0.1) is 11.6 Å². The first-order chi connectivity index (χ1) is 11.2. The summed E-state index contributed by atoms with van der Waals surface area (Å²) in [6.45, 7) is 0. The molecule has 1 amide bonds. The second-order valence-corrected chi connectivity index (χ2v) is 6.06. The molecule has 0 unspecified atom stereocenters. The molecule has 0 bridgehead atoms. The van der Waals surface area contributed by atoms with Gasteiger partial charge >= 0.3 is 6.18 Å². The molecule has 0 spiro atoms. The Morgan fingerprint density at radius 1 is 1.08 bits per heavy atom. The molecule has 0 aliphatic heterocycles. The SMILES string of the molecule is O=C(CSc1ccc(F)c(F)c1)Nc1ccc(Cl)c(C(F)(F)F)c1. The highest BCUT2D eigenvalue weighted by molar-refractivity contribution is 8.00. The number of hydrogen-bond donors (Lipinski definition) is 1. The van der Waals surface area contributed by atoms with Gasteiger partial charge in [0.25, 0.3) is 0 Å². The predicted octanol–water partition coefficient (Wildman–Crippen LogP) is 5.37. The lowest BCUT2D eigenvalue weighted by Crippen LogP contribution is -2.15. The smallest absolute Gasteiger partial charge is 0.325 e. The van der Waals surface area contributed by atoms with Crippen molar-refractivity contribution in [1.29, 1.82) is 0 Å². The van der Waals surface area contributed by atoms with Crippen LogP contribution in [0.4, 0.5) is 27.6 Å². The number of anilines is 1. The van der Waals surface area contributed by atoms with Crippen LogP contribution in [0.3, 0.4) is 0 Å². The Balaban J connectivity index is 2.01. The molecule has 0 aromatic heterocycles. The van der Waals surface area contributed by atoms with Crippen LogP contribution in [-0.4, -0.2) is 11.7 Å². The third kappa shape index (κ3) is 4.85. The van der Waals surface area contributed by atoms with Crippen LogP contribution in [0.5, 0.6) is 0 Å². The topological polar surface area (TPSA) is 29.1 Å². The minimum absolute atomic E-state index is 0.0670. The summed E-state index contributed by atoms with van der Waals surface area (Å²) in [6.07, 6.45) is -4.64. The summed E-state index contributed by atoms with van der Waals surface area (Å²) in [7, 11) is 0. The lowest BCUT2D eigenvalue weighted by Gasteiger charge is -2.11. The van der Waals surface area contributed by atoms with E-state index in [9.17, 15) is 26.7 Å². The minimum atomic E-state index is -4.64. The van der Waals surface area contributed by atoms with Gasteiger partial charge in [0.15, 0.2) is 11.6 Å². The van der Waals surface area contributed by atoms with Crippen LogP contribution < -0.4 is 5.32 Å². The standard InChI is InChI=1S/C15H9ClF5NOS/c16-11-3-1-8(5-10(11)15(19,20)21)22-14(23)7-24-9-2-4-12(17)13(18)6-9/h1-6H,7H2,(H,22,23). The van der Waals surface area contributed by atoms with Crippen LogP contribution in [0.15, 0.2) is 41.3 Å². The van der Waals surface area contributed by atoms with E-state index in [0.717, 1.165) is 36.0 Å². The maximum Gasteiger partial charge on any atom is 0.417 e. The van der Waals surface area contributed by atoms with E-state index in [4.69, 9.17) is 11.6 Å².